The molecule has 3 nitrogen and oxygen atoms in total. The lowest BCUT2D eigenvalue weighted by Crippen LogP contribution is -2.10. The average Bonchev–Trinajstić information content (AvgIpc) is 2.75. The molecule has 2 N–H and O–H groups in total. The lowest BCUT2D eigenvalue weighted by Gasteiger charge is -2.08. The lowest BCUT2D eigenvalue weighted by molar-refractivity contribution is -0.137. The molecule has 2 rings (SSSR count). The molecule has 0 saturated heterocycles. The summed E-state index contributed by atoms with van der Waals surface area (Å²) in [5, 5.41) is 1.86. The molecule has 0 fully saturated rings. The summed E-state index contributed by atoms with van der Waals surface area (Å²) in [5.41, 5.74) is 4.79. The minimum Gasteiger partial charge on any atom is -0.423 e. The average molecular weight is 287 g/mol. The Morgan fingerprint density at radius 1 is 1.26 bits per heavy atom. The molecule has 0 aliphatic heterocycles. The second-order valence-corrected chi connectivity index (χ2v) is 4.56. The summed E-state index contributed by atoms with van der Waals surface area (Å²) >= 11 is 1.15. The van der Waals surface area contributed by atoms with Crippen LogP contribution in [0.3, 0.4) is 0 Å². The van der Waals surface area contributed by atoms with Crippen molar-refractivity contribution in [3.8, 4) is 5.75 Å². The molecule has 19 heavy (non-hydrogen) atoms. The Morgan fingerprint density at radius 3 is 2.58 bits per heavy atom. The van der Waals surface area contributed by atoms with Crippen molar-refractivity contribution < 1.29 is 22.7 Å². The van der Waals surface area contributed by atoms with Gasteiger partial charge in [-0.15, -0.1) is 11.3 Å². The molecule has 7 heteroatoms. The van der Waals surface area contributed by atoms with Gasteiger partial charge in [-0.3, -0.25) is 0 Å². The number of benzene rings is 1. The molecule has 0 radical (unpaired) electrons. The highest BCUT2D eigenvalue weighted by atomic mass is 32.1. The van der Waals surface area contributed by atoms with Crippen LogP contribution in [-0.4, -0.2) is 5.97 Å². The Balaban J connectivity index is 2.21. The molecular formula is C12H8F3NO2S. The smallest absolute Gasteiger partial charge is 0.416 e. The summed E-state index contributed by atoms with van der Waals surface area (Å²) in [5.74, 6) is -0.955. The summed E-state index contributed by atoms with van der Waals surface area (Å²) in [6.45, 7) is 0. The van der Waals surface area contributed by atoms with Crippen molar-refractivity contribution in [1.82, 2.24) is 0 Å². The molecule has 0 bridgehead atoms. The monoisotopic (exact) mass is 287 g/mol. The number of hydrogen-bond acceptors (Lipinski definition) is 4. The first-order valence-electron chi connectivity index (χ1n) is 5.10. The molecule has 0 spiro atoms. The first-order valence-corrected chi connectivity index (χ1v) is 5.98. The maximum Gasteiger partial charge on any atom is 0.416 e. The van der Waals surface area contributed by atoms with Crippen molar-refractivity contribution in [2.24, 2.45) is 0 Å². The minimum absolute atomic E-state index is 0.141. The van der Waals surface area contributed by atoms with Crippen LogP contribution in [0.25, 0.3) is 0 Å². The van der Waals surface area contributed by atoms with E-state index in [1.54, 1.807) is 5.38 Å². The number of alkyl halides is 3. The fraction of sp³-hybridized carbons (Fsp3) is 0.0833. The van der Waals surface area contributed by atoms with Gasteiger partial charge in [0.15, 0.2) is 0 Å². The maximum atomic E-state index is 12.5. The summed E-state index contributed by atoms with van der Waals surface area (Å²) < 4.78 is 42.3. The minimum atomic E-state index is -4.48. The third kappa shape index (κ3) is 3.05. The molecule has 100 valence electrons. The molecule has 1 aromatic heterocycles. The van der Waals surface area contributed by atoms with E-state index >= 15 is 0 Å². The second kappa shape index (κ2) is 4.93. The van der Waals surface area contributed by atoms with E-state index in [0.29, 0.717) is 0 Å². The Labute approximate surface area is 110 Å². The van der Waals surface area contributed by atoms with Gasteiger partial charge >= 0.3 is 12.1 Å². The van der Waals surface area contributed by atoms with Crippen LogP contribution in [0.4, 0.5) is 18.2 Å². The van der Waals surface area contributed by atoms with Gasteiger partial charge in [-0.25, -0.2) is 4.79 Å². The number of esters is 1. The van der Waals surface area contributed by atoms with Gasteiger partial charge in [0.1, 0.15) is 10.8 Å². The fourth-order valence-electron chi connectivity index (χ4n) is 1.39. The lowest BCUT2D eigenvalue weighted by atomic mass is 10.2. The zero-order valence-electron chi connectivity index (χ0n) is 9.40. The first kappa shape index (κ1) is 13.4. The molecule has 0 atom stereocenters. The number of halogens is 3. The van der Waals surface area contributed by atoms with E-state index in [2.05, 4.69) is 0 Å². The van der Waals surface area contributed by atoms with Crippen LogP contribution in [0, 0.1) is 0 Å². The SMILES string of the molecule is Nc1sccc1C(=O)Oc1cccc(C(F)(F)F)c1. The van der Waals surface area contributed by atoms with Crippen LogP contribution < -0.4 is 10.5 Å². The highest BCUT2D eigenvalue weighted by molar-refractivity contribution is 7.14. The molecule has 1 aromatic carbocycles. The van der Waals surface area contributed by atoms with Crippen LogP contribution in [0.15, 0.2) is 35.7 Å². The number of carbonyl (C=O) groups excluding carboxylic acids is 1. The highest BCUT2D eigenvalue weighted by Gasteiger charge is 2.30. The molecule has 0 amide bonds. The summed E-state index contributed by atoms with van der Waals surface area (Å²) in [6.07, 6.45) is -4.48. The van der Waals surface area contributed by atoms with Crippen molar-refractivity contribution in [3.63, 3.8) is 0 Å². The normalized spacial score (nSPS) is 11.3. The van der Waals surface area contributed by atoms with E-state index in [0.717, 1.165) is 23.5 Å². The first-order chi connectivity index (χ1) is 8.88. The summed E-state index contributed by atoms with van der Waals surface area (Å²) in [7, 11) is 0. The largest absolute Gasteiger partial charge is 0.423 e. The third-order valence-corrected chi connectivity index (χ3v) is 3.03. The van der Waals surface area contributed by atoms with E-state index in [4.69, 9.17) is 10.5 Å². The van der Waals surface area contributed by atoms with Gasteiger partial charge in [-0.2, -0.15) is 13.2 Å². The summed E-state index contributed by atoms with van der Waals surface area (Å²) in [4.78, 5) is 11.7. The van der Waals surface area contributed by atoms with Gasteiger partial charge < -0.3 is 10.5 Å². The number of carbonyl (C=O) groups is 1. The van der Waals surface area contributed by atoms with Crippen LogP contribution in [0.1, 0.15) is 15.9 Å². The Bertz CT molecular complexity index is 607. The van der Waals surface area contributed by atoms with Gasteiger partial charge in [-0.1, -0.05) is 6.07 Å². The van der Waals surface area contributed by atoms with Crippen molar-refractivity contribution in [3.05, 3.63) is 46.8 Å². The zero-order chi connectivity index (χ0) is 14.0. The van der Waals surface area contributed by atoms with E-state index < -0.39 is 17.7 Å². The Hall–Kier alpha value is -2.02. The summed E-state index contributed by atoms with van der Waals surface area (Å²) in [6, 6.07) is 5.56. The quantitative estimate of drug-likeness (QED) is 0.678. The Morgan fingerprint density at radius 2 is 2.00 bits per heavy atom. The van der Waals surface area contributed by atoms with Crippen molar-refractivity contribution in [2.75, 3.05) is 5.73 Å². The van der Waals surface area contributed by atoms with Crippen LogP contribution >= 0.6 is 11.3 Å². The van der Waals surface area contributed by atoms with Crippen molar-refractivity contribution >= 4 is 22.3 Å². The van der Waals surface area contributed by atoms with E-state index in [1.165, 1.54) is 18.2 Å². The number of anilines is 1. The van der Waals surface area contributed by atoms with Crippen molar-refractivity contribution in [2.45, 2.75) is 6.18 Å². The molecule has 0 aliphatic carbocycles. The fourth-order valence-corrected chi connectivity index (χ4v) is 2.02. The molecule has 0 saturated carbocycles. The molecule has 1 heterocycles. The number of rotatable bonds is 2. The zero-order valence-corrected chi connectivity index (χ0v) is 10.2. The van der Waals surface area contributed by atoms with Crippen molar-refractivity contribution in [1.29, 1.82) is 0 Å². The van der Waals surface area contributed by atoms with Gasteiger partial charge in [0, 0.05) is 0 Å². The number of thiophene rings is 1. The van der Waals surface area contributed by atoms with E-state index in [9.17, 15) is 18.0 Å². The second-order valence-electron chi connectivity index (χ2n) is 3.61. The van der Waals surface area contributed by atoms with E-state index in [1.807, 2.05) is 0 Å². The number of hydrogen-bond donors (Lipinski definition) is 1. The number of ether oxygens (including phenoxy) is 1. The third-order valence-electron chi connectivity index (χ3n) is 2.29. The van der Waals surface area contributed by atoms with E-state index in [-0.39, 0.29) is 16.3 Å². The predicted octanol–water partition coefficient (Wildman–Crippen LogP) is 3.57. The van der Waals surface area contributed by atoms with Gasteiger partial charge in [0.25, 0.3) is 0 Å². The van der Waals surface area contributed by atoms with Gasteiger partial charge in [-0.05, 0) is 29.6 Å². The molecule has 2 aromatic rings. The number of nitrogen functional groups attached to an aromatic ring is 1. The topological polar surface area (TPSA) is 52.3 Å². The standard InChI is InChI=1S/C12H8F3NO2S/c13-12(14,15)7-2-1-3-8(6-7)18-11(17)9-4-5-19-10(9)16/h1-6H,16H2. The van der Waals surface area contributed by atoms with Gasteiger partial charge in [0.05, 0.1) is 11.1 Å². The highest BCUT2D eigenvalue weighted by Crippen LogP contribution is 2.31. The molecular weight excluding hydrogens is 279 g/mol. The van der Waals surface area contributed by atoms with Gasteiger partial charge in [0.2, 0.25) is 0 Å². The molecule has 0 unspecified atom stereocenters. The number of nitrogens with two attached hydrogens (primary N) is 1. The van der Waals surface area contributed by atoms with Crippen LogP contribution in [-0.2, 0) is 6.18 Å². The predicted molar refractivity (Wildman–Crippen MR) is 65.1 cm³/mol. The Kier molecular flexibility index (Phi) is 3.48. The maximum absolute atomic E-state index is 12.5. The van der Waals surface area contributed by atoms with Crippen LogP contribution in [0.2, 0.25) is 0 Å². The van der Waals surface area contributed by atoms with Crippen LogP contribution in [0.5, 0.6) is 5.75 Å². The molecule has 0 aliphatic rings.